The van der Waals surface area contributed by atoms with Gasteiger partial charge in [-0.25, -0.2) is 34.7 Å². The monoisotopic (exact) mass is 1110 g/mol. The Kier molecular flexibility index (Phi) is 20.2. The Morgan fingerprint density at radius 2 is 0.704 bits per heavy atom. The fraction of sp³-hybridized carbons (Fsp3) is 0.333. The van der Waals surface area contributed by atoms with E-state index in [0.29, 0.717) is 58.4 Å². The van der Waals surface area contributed by atoms with E-state index in [0.717, 1.165) is 22.3 Å². The van der Waals surface area contributed by atoms with Crippen LogP contribution in [0.2, 0.25) is 0 Å². The fourth-order valence-corrected chi connectivity index (χ4v) is 8.11. The molecule has 0 atom stereocenters. The quantitative estimate of drug-likeness (QED) is 0.0771. The number of carbonyl (C=O) groups excluding carboxylic acids is 2. The van der Waals surface area contributed by atoms with Gasteiger partial charge < -0.3 is 29.5 Å². The number of alkyl halides is 1. The van der Waals surface area contributed by atoms with Crippen LogP contribution in [0, 0.1) is 0 Å². The van der Waals surface area contributed by atoms with Crippen LogP contribution < -0.4 is 4.74 Å². The van der Waals surface area contributed by atoms with Gasteiger partial charge in [0.2, 0.25) is 0 Å². The first-order valence-electron chi connectivity index (χ1n) is 26.9. The molecule has 0 saturated heterocycles. The van der Waals surface area contributed by atoms with Crippen molar-refractivity contribution in [1.29, 1.82) is 0 Å². The number of nitrogens with zero attached hydrogens (tertiary/aromatic N) is 6. The third-order valence-corrected chi connectivity index (χ3v) is 13.0. The molecule has 0 amide bonds. The summed E-state index contributed by atoms with van der Waals surface area (Å²) in [5, 5.41) is 31.1. The van der Waals surface area contributed by atoms with E-state index in [1.807, 2.05) is 48.5 Å². The second-order valence-corrected chi connectivity index (χ2v) is 23.6. The summed E-state index contributed by atoms with van der Waals surface area (Å²) >= 11 is 5.06. The normalized spacial score (nSPS) is 11.6. The first-order chi connectivity index (χ1) is 38.1. The molecule has 15 heteroatoms. The van der Waals surface area contributed by atoms with Crippen LogP contribution in [0.4, 0.5) is 0 Å². The van der Waals surface area contributed by atoms with Crippen LogP contribution in [-0.2, 0) is 40.7 Å². The van der Waals surface area contributed by atoms with E-state index in [1.165, 1.54) is 40.5 Å². The molecule has 424 valence electrons. The van der Waals surface area contributed by atoms with Gasteiger partial charge in [-0.2, -0.15) is 0 Å². The van der Waals surface area contributed by atoms with E-state index in [1.54, 1.807) is 32.0 Å². The van der Waals surface area contributed by atoms with Gasteiger partial charge in [0.1, 0.15) is 28.9 Å². The summed E-state index contributed by atoms with van der Waals surface area (Å²) in [6.07, 6.45) is 0. The van der Waals surface area contributed by atoms with Crippen LogP contribution in [0.1, 0.15) is 119 Å². The number of phenolic OH excluding ortho intramolecular Hbond substituents is 3. The molecule has 8 rings (SSSR count). The topological polar surface area (TPSA) is 200 Å². The first kappa shape index (κ1) is 62.0. The number of carbonyl (C=O) groups is 2. The Labute approximate surface area is 481 Å². The minimum absolute atomic E-state index is 0.0195. The van der Waals surface area contributed by atoms with E-state index in [-0.39, 0.29) is 64.0 Å². The van der Waals surface area contributed by atoms with E-state index < -0.39 is 5.97 Å². The van der Waals surface area contributed by atoms with Crippen LogP contribution in [0.3, 0.4) is 0 Å². The standard InChI is InChI=1S/C33H37N3O4.C29H31N3O2.C4H7ClO2/c1-8-39-28(38)20-40-25-17-18-26(27(37)19-25)31-35-29(21-9-13-23(14-10-21)32(2,3)4)34-30(36-31)22-11-15-24(16-12-22)33(5,6)7;1-28(2,3)20-11-7-18(8-12-20)25-30-26(19-9-13-21(14-10-19)29(4,5)6)32-27(31-25)23-16-15-22(33)17-24(23)34;1-2-7-4(6)3-5/h9-19,37H,8,20H2,1-7H3;7-17,33-34H,1-6H3;2-3H2,1H3. The van der Waals surface area contributed by atoms with E-state index in [2.05, 4.69) is 146 Å². The van der Waals surface area contributed by atoms with E-state index in [4.69, 9.17) is 41.0 Å². The summed E-state index contributed by atoms with van der Waals surface area (Å²) in [7, 11) is 0. The number of phenols is 3. The minimum atomic E-state index is -0.479. The molecule has 0 saturated carbocycles. The second kappa shape index (κ2) is 26.4. The number of hydrogen-bond acceptors (Lipinski definition) is 14. The Balaban J connectivity index is 0.000000236. The summed E-state index contributed by atoms with van der Waals surface area (Å²) in [5.41, 5.74) is 9.25. The highest BCUT2D eigenvalue weighted by molar-refractivity contribution is 6.26. The molecule has 6 aromatic carbocycles. The predicted octanol–water partition coefficient (Wildman–Crippen LogP) is 14.8. The van der Waals surface area contributed by atoms with Gasteiger partial charge in [0.05, 0.1) is 24.3 Å². The largest absolute Gasteiger partial charge is 0.508 e. The molecule has 2 heterocycles. The van der Waals surface area contributed by atoms with Crippen molar-refractivity contribution < 1.29 is 39.1 Å². The third kappa shape index (κ3) is 17.1. The van der Waals surface area contributed by atoms with Crippen LogP contribution in [0.15, 0.2) is 133 Å². The summed E-state index contributed by atoms with van der Waals surface area (Å²) in [6.45, 7) is 30.0. The minimum Gasteiger partial charge on any atom is -0.508 e. The zero-order chi connectivity index (χ0) is 59.5. The molecule has 0 aliphatic carbocycles. The SMILES string of the molecule is CC(C)(C)c1ccc(-c2nc(-c3ccc(C(C)(C)C)cc3)nc(-c3ccc(O)cc3O)n2)cc1.CCOC(=O)CCl.CCOC(=O)COc1ccc(-c2nc(-c3ccc(C(C)(C)C)cc3)nc(-c3ccc(C(C)(C)C)cc3)n2)c(O)c1. The number of ether oxygens (including phenoxy) is 3. The van der Waals surface area contributed by atoms with Crippen LogP contribution in [0.25, 0.3) is 68.3 Å². The second-order valence-electron chi connectivity index (χ2n) is 23.3. The number of aromatic hydroxyl groups is 3. The Bertz CT molecular complexity index is 3260. The van der Waals surface area contributed by atoms with Gasteiger partial charge in [0, 0.05) is 34.4 Å². The summed E-state index contributed by atoms with van der Waals surface area (Å²) in [5.74, 6) is 1.98. The first-order valence-corrected chi connectivity index (χ1v) is 27.4. The highest BCUT2D eigenvalue weighted by atomic mass is 35.5. The van der Waals surface area contributed by atoms with Crippen molar-refractivity contribution in [2.75, 3.05) is 25.7 Å². The lowest BCUT2D eigenvalue weighted by Gasteiger charge is -2.19. The van der Waals surface area contributed by atoms with Gasteiger partial charge >= 0.3 is 11.9 Å². The molecule has 14 nitrogen and oxygen atoms in total. The number of aromatic nitrogens is 6. The molecular formula is C66H75ClN6O8. The molecule has 0 aliphatic heterocycles. The van der Waals surface area contributed by atoms with Crippen molar-refractivity contribution in [1.82, 2.24) is 29.9 Å². The summed E-state index contributed by atoms with van der Waals surface area (Å²) < 4.78 is 14.8. The van der Waals surface area contributed by atoms with Crippen molar-refractivity contribution in [2.24, 2.45) is 0 Å². The molecule has 0 fully saturated rings. The lowest BCUT2D eigenvalue weighted by molar-refractivity contribution is -0.145. The average Bonchev–Trinajstić information content (AvgIpc) is 3.53. The zero-order valence-corrected chi connectivity index (χ0v) is 49.7. The Morgan fingerprint density at radius 3 is 0.975 bits per heavy atom. The number of rotatable bonds is 12. The predicted molar refractivity (Wildman–Crippen MR) is 322 cm³/mol. The molecule has 0 aliphatic rings. The van der Waals surface area contributed by atoms with Gasteiger partial charge in [0.15, 0.2) is 41.6 Å². The van der Waals surface area contributed by atoms with Crippen molar-refractivity contribution in [3.05, 3.63) is 156 Å². The Hall–Kier alpha value is -8.23. The van der Waals surface area contributed by atoms with Gasteiger partial charge in [-0.3, -0.25) is 4.79 Å². The Morgan fingerprint density at radius 1 is 0.407 bits per heavy atom. The third-order valence-electron chi connectivity index (χ3n) is 12.8. The van der Waals surface area contributed by atoms with E-state index >= 15 is 0 Å². The average molecular weight is 1120 g/mol. The summed E-state index contributed by atoms with van der Waals surface area (Å²) in [6, 6.07) is 42.0. The highest BCUT2D eigenvalue weighted by Gasteiger charge is 2.22. The molecule has 0 spiro atoms. The van der Waals surface area contributed by atoms with Crippen molar-refractivity contribution in [3.63, 3.8) is 0 Å². The lowest BCUT2D eigenvalue weighted by Crippen LogP contribution is -2.14. The van der Waals surface area contributed by atoms with Crippen LogP contribution in [-0.4, -0.2) is 82.9 Å². The molecule has 0 bridgehead atoms. The maximum Gasteiger partial charge on any atom is 0.344 e. The molecule has 0 unspecified atom stereocenters. The van der Waals surface area contributed by atoms with Crippen LogP contribution in [0.5, 0.6) is 23.0 Å². The van der Waals surface area contributed by atoms with Crippen LogP contribution >= 0.6 is 11.6 Å². The molecule has 81 heavy (non-hydrogen) atoms. The maximum atomic E-state index is 11.6. The number of halogens is 1. The maximum absolute atomic E-state index is 11.6. The van der Waals surface area contributed by atoms with Crippen molar-refractivity contribution in [3.8, 4) is 91.3 Å². The molecule has 0 radical (unpaired) electrons. The molecule has 3 N–H and O–H groups in total. The summed E-state index contributed by atoms with van der Waals surface area (Å²) in [4.78, 5) is 50.1. The molecular weight excluding hydrogens is 1040 g/mol. The van der Waals surface area contributed by atoms with Gasteiger partial charge in [-0.05, 0) is 82.0 Å². The highest BCUT2D eigenvalue weighted by Crippen LogP contribution is 2.36. The van der Waals surface area contributed by atoms with Crippen molar-refractivity contribution >= 4 is 23.5 Å². The molecule has 8 aromatic rings. The number of esters is 2. The van der Waals surface area contributed by atoms with Crippen molar-refractivity contribution in [2.45, 2.75) is 119 Å². The van der Waals surface area contributed by atoms with Gasteiger partial charge in [0.25, 0.3) is 0 Å². The number of benzene rings is 6. The smallest absolute Gasteiger partial charge is 0.344 e. The fourth-order valence-electron chi connectivity index (χ4n) is 8.03. The van der Waals surface area contributed by atoms with Gasteiger partial charge in [-0.1, -0.05) is 180 Å². The molecule has 2 aromatic heterocycles. The zero-order valence-electron chi connectivity index (χ0n) is 49.0. The lowest BCUT2D eigenvalue weighted by atomic mass is 9.86. The van der Waals surface area contributed by atoms with Gasteiger partial charge in [-0.15, -0.1) is 11.6 Å². The number of hydrogen-bond donors (Lipinski definition) is 3. The van der Waals surface area contributed by atoms with E-state index in [9.17, 15) is 24.9 Å².